The fraction of sp³-hybridized carbons (Fsp3) is 0.500. The van der Waals surface area contributed by atoms with Crippen LogP contribution in [0.5, 0.6) is 0 Å². The smallest absolute Gasteiger partial charge is 0.274 e. The SMILES string of the molecule is CC(Cn1ccnc1)NS(N)(=O)=O. The van der Waals surface area contributed by atoms with Crippen LogP contribution >= 0.6 is 0 Å². The molecular weight excluding hydrogens is 192 g/mol. The summed E-state index contributed by atoms with van der Waals surface area (Å²) in [6.45, 7) is 2.24. The van der Waals surface area contributed by atoms with Crippen LogP contribution in [0.3, 0.4) is 0 Å². The van der Waals surface area contributed by atoms with Crippen molar-refractivity contribution in [2.75, 3.05) is 0 Å². The zero-order valence-electron chi connectivity index (χ0n) is 7.21. The molecule has 1 aromatic heterocycles. The zero-order valence-corrected chi connectivity index (χ0v) is 8.03. The molecule has 1 unspecified atom stereocenters. The van der Waals surface area contributed by atoms with Gasteiger partial charge in [0, 0.05) is 25.0 Å². The quantitative estimate of drug-likeness (QED) is 0.663. The summed E-state index contributed by atoms with van der Waals surface area (Å²) in [5.41, 5.74) is 0. The Kier molecular flexibility index (Phi) is 3.02. The first-order valence-electron chi connectivity index (χ1n) is 3.73. The van der Waals surface area contributed by atoms with Gasteiger partial charge in [0.15, 0.2) is 0 Å². The highest BCUT2D eigenvalue weighted by Crippen LogP contribution is 1.91. The zero-order chi connectivity index (χ0) is 9.90. The largest absolute Gasteiger partial charge is 0.336 e. The lowest BCUT2D eigenvalue weighted by Crippen LogP contribution is -2.39. The van der Waals surface area contributed by atoms with Gasteiger partial charge in [-0.2, -0.15) is 13.1 Å². The Morgan fingerprint density at radius 2 is 2.38 bits per heavy atom. The molecule has 6 nitrogen and oxygen atoms in total. The van der Waals surface area contributed by atoms with Gasteiger partial charge in [0.2, 0.25) is 0 Å². The number of hydrogen-bond acceptors (Lipinski definition) is 3. The molecule has 0 saturated heterocycles. The molecule has 74 valence electrons. The summed E-state index contributed by atoms with van der Waals surface area (Å²) in [6, 6.07) is -0.246. The molecule has 1 atom stereocenters. The molecule has 1 rings (SSSR count). The van der Waals surface area contributed by atoms with Gasteiger partial charge in [0.1, 0.15) is 0 Å². The Morgan fingerprint density at radius 3 is 2.85 bits per heavy atom. The minimum absolute atomic E-state index is 0.246. The van der Waals surface area contributed by atoms with Crippen molar-refractivity contribution < 1.29 is 8.42 Å². The molecule has 1 heterocycles. The number of rotatable bonds is 4. The maximum absolute atomic E-state index is 10.6. The van der Waals surface area contributed by atoms with Crippen molar-refractivity contribution in [3.63, 3.8) is 0 Å². The molecule has 0 aromatic carbocycles. The molecule has 0 aliphatic heterocycles. The maximum Gasteiger partial charge on any atom is 0.274 e. The third kappa shape index (κ3) is 4.02. The van der Waals surface area contributed by atoms with Gasteiger partial charge in [-0.3, -0.25) is 0 Å². The summed E-state index contributed by atoms with van der Waals surface area (Å²) >= 11 is 0. The van der Waals surface area contributed by atoms with Gasteiger partial charge in [0.05, 0.1) is 6.33 Å². The molecule has 1 aromatic rings. The monoisotopic (exact) mass is 204 g/mol. The molecule has 0 aliphatic carbocycles. The number of nitrogens with one attached hydrogen (secondary N) is 1. The Morgan fingerprint density at radius 1 is 1.69 bits per heavy atom. The van der Waals surface area contributed by atoms with E-state index in [-0.39, 0.29) is 6.04 Å². The summed E-state index contributed by atoms with van der Waals surface area (Å²) in [4.78, 5) is 3.83. The Labute approximate surface area is 77.0 Å². The number of nitrogens with two attached hydrogens (primary N) is 1. The second-order valence-corrected chi connectivity index (χ2v) is 4.15. The van der Waals surface area contributed by atoms with Crippen molar-refractivity contribution in [1.82, 2.24) is 14.3 Å². The van der Waals surface area contributed by atoms with Crippen molar-refractivity contribution in [2.45, 2.75) is 19.5 Å². The molecule has 0 radical (unpaired) electrons. The van der Waals surface area contributed by atoms with Gasteiger partial charge in [0.25, 0.3) is 10.2 Å². The van der Waals surface area contributed by atoms with E-state index in [9.17, 15) is 8.42 Å². The van der Waals surface area contributed by atoms with Crippen LogP contribution in [0, 0.1) is 0 Å². The normalized spacial score (nSPS) is 14.3. The van der Waals surface area contributed by atoms with Crippen molar-refractivity contribution in [3.05, 3.63) is 18.7 Å². The summed E-state index contributed by atoms with van der Waals surface area (Å²) in [5.74, 6) is 0. The van der Waals surface area contributed by atoms with E-state index in [1.807, 2.05) is 0 Å². The number of aromatic nitrogens is 2. The number of nitrogens with zero attached hydrogens (tertiary/aromatic N) is 2. The Bertz CT molecular complexity index is 345. The second-order valence-electron chi connectivity index (χ2n) is 2.82. The van der Waals surface area contributed by atoms with E-state index in [0.29, 0.717) is 6.54 Å². The van der Waals surface area contributed by atoms with E-state index in [0.717, 1.165) is 0 Å². The predicted molar refractivity (Wildman–Crippen MR) is 47.9 cm³/mol. The molecular formula is C6H12N4O2S. The topological polar surface area (TPSA) is 90.0 Å². The lowest BCUT2D eigenvalue weighted by Gasteiger charge is -2.11. The third-order valence-corrected chi connectivity index (χ3v) is 2.14. The summed E-state index contributed by atoms with van der Waals surface area (Å²) < 4.78 is 25.2. The molecule has 0 spiro atoms. The van der Waals surface area contributed by atoms with Crippen LogP contribution in [0.15, 0.2) is 18.7 Å². The third-order valence-electron chi connectivity index (χ3n) is 1.41. The molecule has 7 heteroatoms. The van der Waals surface area contributed by atoms with Crippen LogP contribution in [0.4, 0.5) is 0 Å². The van der Waals surface area contributed by atoms with E-state index in [2.05, 4.69) is 9.71 Å². The first kappa shape index (κ1) is 10.2. The number of imidazole rings is 1. The van der Waals surface area contributed by atoms with Gasteiger partial charge in [-0.1, -0.05) is 0 Å². The van der Waals surface area contributed by atoms with E-state index >= 15 is 0 Å². The summed E-state index contributed by atoms with van der Waals surface area (Å²) in [6.07, 6.45) is 4.99. The highest BCUT2D eigenvalue weighted by Gasteiger charge is 2.08. The van der Waals surface area contributed by atoms with Crippen LogP contribution in [-0.4, -0.2) is 24.0 Å². The van der Waals surface area contributed by atoms with Gasteiger partial charge >= 0.3 is 0 Å². The molecule has 13 heavy (non-hydrogen) atoms. The lowest BCUT2D eigenvalue weighted by molar-refractivity contribution is 0.521. The highest BCUT2D eigenvalue weighted by atomic mass is 32.2. The van der Waals surface area contributed by atoms with Crippen LogP contribution < -0.4 is 9.86 Å². The lowest BCUT2D eigenvalue weighted by atomic mass is 10.4. The molecule has 0 bridgehead atoms. The van der Waals surface area contributed by atoms with Crippen molar-refractivity contribution >= 4 is 10.2 Å². The van der Waals surface area contributed by atoms with Crippen LogP contribution in [0.25, 0.3) is 0 Å². The van der Waals surface area contributed by atoms with Crippen molar-refractivity contribution in [3.8, 4) is 0 Å². The van der Waals surface area contributed by atoms with Crippen LogP contribution in [0.1, 0.15) is 6.92 Å². The Hall–Kier alpha value is -0.920. The average Bonchev–Trinajstić information content (AvgIpc) is 2.34. The predicted octanol–water partition coefficient (Wildman–Crippen LogP) is -0.935. The maximum atomic E-state index is 10.6. The van der Waals surface area contributed by atoms with E-state index < -0.39 is 10.2 Å². The molecule has 0 saturated carbocycles. The van der Waals surface area contributed by atoms with Gasteiger partial charge < -0.3 is 4.57 Å². The first-order chi connectivity index (χ1) is 5.97. The fourth-order valence-corrected chi connectivity index (χ4v) is 1.66. The molecule has 3 N–H and O–H groups in total. The minimum Gasteiger partial charge on any atom is -0.336 e. The Balaban J connectivity index is 2.47. The minimum atomic E-state index is -3.61. The van der Waals surface area contributed by atoms with Crippen molar-refractivity contribution in [2.24, 2.45) is 5.14 Å². The van der Waals surface area contributed by atoms with E-state index in [1.54, 1.807) is 30.2 Å². The summed E-state index contributed by atoms with van der Waals surface area (Å²) in [5, 5.41) is 4.80. The van der Waals surface area contributed by atoms with Gasteiger partial charge in [-0.15, -0.1) is 0 Å². The van der Waals surface area contributed by atoms with E-state index in [1.165, 1.54) is 0 Å². The average molecular weight is 204 g/mol. The standard InChI is InChI=1S/C6H12N4O2S/c1-6(9-13(7,11)12)4-10-3-2-8-5-10/h2-3,5-6,9H,4H2,1H3,(H2,7,11,12). The number of hydrogen-bond donors (Lipinski definition) is 2. The highest BCUT2D eigenvalue weighted by molar-refractivity contribution is 7.87. The second kappa shape index (κ2) is 3.86. The fourth-order valence-electron chi connectivity index (χ4n) is 1.03. The van der Waals surface area contributed by atoms with Crippen LogP contribution in [0.2, 0.25) is 0 Å². The van der Waals surface area contributed by atoms with E-state index in [4.69, 9.17) is 5.14 Å². The molecule has 0 aliphatic rings. The molecule has 0 amide bonds. The summed E-state index contributed by atoms with van der Waals surface area (Å²) in [7, 11) is -3.61. The van der Waals surface area contributed by atoms with Crippen molar-refractivity contribution in [1.29, 1.82) is 0 Å². The first-order valence-corrected chi connectivity index (χ1v) is 5.28. The van der Waals surface area contributed by atoms with Crippen LogP contribution in [-0.2, 0) is 16.8 Å². The van der Waals surface area contributed by atoms with Gasteiger partial charge in [-0.05, 0) is 6.92 Å². The molecule has 0 fully saturated rings. The van der Waals surface area contributed by atoms with Gasteiger partial charge in [-0.25, -0.2) is 10.1 Å².